The van der Waals surface area contributed by atoms with Crippen molar-refractivity contribution in [3.63, 3.8) is 0 Å². The maximum Gasteiger partial charge on any atom is 4.00 e. The Kier molecular flexibility index (Phi) is 22.6. The molecule has 0 bridgehead atoms. The summed E-state index contributed by atoms with van der Waals surface area (Å²) in [6, 6.07) is 9.52. The van der Waals surface area contributed by atoms with Crippen LogP contribution in [0.15, 0.2) is 30.3 Å². The second kappa shape index (κ2) is 18.6. The van der Waals surface area contributed by atoms with Gasteiger partial charge in [-0.1, -0.05) is 30.3 Å². The quantitative estimate of drug-likeness (QED) is 0.517. The Labute approximate surface area is 153 Å². The minimum absolute atomic E-state index is 0. The molecule has 0 amide bonds. The molecule has 11 nitrogen and oxygen atoms in total. The summed E-state index contributed by atoms with van der Waals surface area (Å²) < 4.78 is 43.3. The van der Waals surface area contributed by atoms with Gasteiger partial charge in [0.15, 0.2) is 0 Å². The van der Waals surface area contributed by atoms with Crippen LogP contribution in [-0.4, -0.2) is 5.11 Å². The topological polar surface area (TPSA) is 199 Å². The van der Waals surface area contributed by atoms with Crippen molar-refractivity contribution < 1.29 is 77.8 Å². The Hall–Kier alpha value is 0.223. The van der Waals surface area contributed by atoms with Gasteiger partial charge in [-0.25, -0.2) is 0 Å². The van der Waals surface area contributed by atoms with Crippen LogP contribution >= 0.6 is 33.0 Å². The molecular formula is C7H8O11P4Zr+4. The number of rotatable bonds is 5. The first-order valence-electron chi connectivity index (χ1n) is 4.77. The van der Waals surface area contributed by atoms with E-state index in [0.717, 1.165) is 5.56 Å². The second-order valence-corrected chi connectivity index (χ2v) is 5.80. The van der Waals surface area contributed by atoms with Crippen LogP contribution in [-0.2, 0) is 59.7 Å². The standard InChI is InChI=1S/C7H8O.2O5P2.Zr/c8-6-7-4-2-1-3-5-7;2*1-6(2)5-7(3)4;/h1-5,8H,6H2;;;/q;;;+4. The minimum atomic E-state index is -3.24. The second-order valence-electron chi connectivity index (χ2n) is 2.70. The molecule has 0 aliphatic rings. The first kappa shape index (κ1) is 28.0. The van der Waals surface area contributed by atoms with Crippen LogP contribution in [0.4, 0.5) is 0 Å². The van der Waals surface area contributed by atoms with Crippen molar-refractivity contribution in [2.75, 3.05) is 0 Å². The van der Waals surface area contributed by atoms with Gasteiger partial charge in [-0.15, -0.1) is 0 Å². The van der Waals surface area contributed by atoms with E-state index >= 15 is 0 Å². The van der Waals surface area contributed by atoms with Crippen molar-refractivity contribution >= 4 is 33.0 Å². The molecule has 1 aromatic carbocycles. The number of aliphatic hydroxyl groups is 1. The van der Waals surface area contributed by atoms with Gasteiger partial charge in [0, 0.05) is 0 Å². The van der Waals surface area contributed by atoms with Crippen molar-refractivity contribution in [3.8, 4) is 0 Å². The summed E-state index contributed by atoms with van der Waals surface area (Å²) in [5.74, 6) is 0. The Bertz CT molecular complexity index is 448. The van der Waals surface area contributed by atoms with Gasteiger partial charge < -0.3 is 24.7 Å². The summed E-state index contributed by atoms with van der Waals surface area (Å²) >= 11 is 0. The molecule has 0 aliphatic carbocycles. The van der Waals surface area contributed by atoms with Crippen LogP contribution in [0.5, 0.6) is 0 Å². The molecule has 0 fully saturated rings. The maximum atomic E-state index is 9.24. The van der Waals surface area contributed by atoms with E-state index in [4.69, 9.17) is 5.11 Å². The van der Waals surface area contributed by atoms with Gasteiger partial charge in [-0.3, -0.25) is 0 Å². The molecule has 1 N–H and O–H groups in total. The van der Waals surface area contributed by atoms with E-state index in [2.05, 4.69) is 8.62 Å². The molecule has 122 valence electrons. The summed E-state index contributed by atoms with van der Waals surface area (Å²) in [5.41, 5.74) is 0.965. The average Bonchev–Trinajstić information content (AvgIpc) is 2.38. The Morgan fingerprint density at radius 1 is 0.783 bits per heavy atom. The van der Waals surface area contributed by atoms with Gasteiger partial charge >= 0.3 is 59.2 Å². The number of benzene rings is 1. The Morgan fingerprint density at radius 3 is 1.22 bits per heavy atom. The zero-order chi connectivity index (χ0) is 17.5. The summed E-state index contributed by atoms with van der Waals surface area (Å²) in [5, 5.41) is 8.54. The molecule has 4 atom stereocenters. The van der Waals surface area contributed by atoms with Gasteiger partial charge in [-0.05, 0) is 23.8 Å². The van der Waals surface area contributed by atoms with Crippen LogP contribution in [0.2, 0.25) is 0 Å². The molecule has 0 aliphatic heterocycles. The van der Waals surface area contributed by atoms with E-state index in [0.29, 0.717) is 0 Å². The number of hydrogen-bond donors (Lipinski definition) is 1. The van der Waals surface area contributed by atoms with E-state index in [1.807, 2.05) is 30.3 Å². The van der Waals surface area contributed by atoms with Crippen molar-refractivity contribution in [2.24, 2.45) is 0 Å². The fourth-order valence-electron chi connectivity index (χ4n) is 0.692. The molecule has 0 saturated carbocycles. The zero-order valence-corrected chi connectivity index (χ0v) is 16.9. The molecule has 0 aromatic heterocycles. The minimum Gasteiger partial charge on any atom is -0.563 e. The van der Waals surface area contributed by atoms with Crippen molar-refractivity contribution in [2.45, 2.75) is 6.61 Å². The summed E-state index contributed by atoms with van der Waals surface area (Å²) in [7, 11) is -12.9. The smallest absolute Gasteiger partial charge is 0.563 e. The summed E-state index contributed by atoms with van der Waals surface area (Å²) in [6.45, 7) is 0.140. The first-order valence-corrected chi connectivity index (χ1v) is 9.15. The van der Waals surface area contributed by atoms with Crippen LogP contribution in [0.25, 0.3) is 0 Å². The van der Waals surface area contributed by atoms with E-state index in [-0.39, 0.29) is 32.8 Å². The van der Waals surface area contributed by atoms with Crippen LogP contribution in [0.3, 0.4) is 0 Å². The van der Waals surface area contributed by atoms with Gasteiger partial charge in [-0.2, -0.15) is 0 Å². The largest absolute Gasteiger partial charge is 4.00 e. The molecule has 4 unspecified atom stereocenters. The molecule has 1 aromatic rings. The molecule has 0 heterocycles. The SMILES string of the molecule is O=[P+]([O-])O[P+](=O)[O-].O=[P+]([O-])O[P+](=O)[O-].OCc1ccccc1.[Zr+4]. The van der Waals surface area contributed by atoms with E-state index in [1.165, 1.54) is 0 Å². The zero-order valence-electron chi connectivity index (χ0n) is 10.9. The van der Waals surface area contributed by atoms with E-state index in [9.17, 15) is 37.8 Å². The molecule has 1 rings (SSSR count). The molecule has 0 spiro atoms. The molecule has 16 heteroatoms. The summed E-state index contributed by atoms with van der Waals surface area (Å²) in [4.78, 5) is 37.0. The number of aliphatic hydroxyl groups excluding tert-OH is 1. The van der Waals surface area contributed by atoms with Gasteiger partial charge in [0.1, 0.15) is 8.62 Å². The van der Waals surface area contributed by atoms with E-state index in [1.54, 1.807) is 0 Å². The third-order valence-corrected chi connectivity index (χ3v) is 3.43. The fraction of sp³-hybridized carbons (Fsp3) is 0.143. The van der Waals surface area contributed by atoms with Crippen molar-refractivity contribution in [1.29, 1.82) is 0 Å². The fourth-order valence-corrected chi connectivity index (χ4v) is 1.56. The molecule has 23 heavy (non-hydrogen) atoms. The van der Waals surface area contributed by atoms with Crippen LogP contribution in [0.1, 0.15) is 5.56 Å². The van der Waals surface area contributed by atoms with Crippen LogP contribution in [0, 0.1) is 0 Å². The normalized spacial score (nSPS) is 11.3. The number of hydrogen-bond acceptors (Lipinski definition) is 11. The molecule has 0 saturated heterocycles. The third kappa shape index (κ3) is 27.4. The molecule has 0 radical (unpaired) electrons. The third-order valence-electron chi connectivity index (χ3n) is 1.29. The average molecular weight is 483 g/mol. The van der Waals surface area contributed by atoms with Crippen molar-refractivity contribution in [1.82, 2.24) is 0 Å². The maximum absolute atomic E-state index is 9.24. The van der Waals surface area contributed by atoms with Gasteiger partial charge in [0.2, 0.25) is 0 Å². The monoisotopic (exact) mass is 482 g/mol. The Balaban J connectivity index is -0.000000257. The first-order chi connectivity index (χ1) is 10.2. The van der Waals surface area contributed by atoms with Crippen LogP contribution < -0.4 is 19.6 Å². The predicted octanol–water partition coefficient (Wildman–Crippen LogP) is -0.747. The Morgan fingerprint density at radius 2 is 1.09 bits per heavy atom. The van der Waals surface area contributed by atoms with Crippen molar-refractivity contribution in [3.05, 3.63) is 35.9 Å². The van der Waals surface area contributed by atoms with Gasteiger partial charge in [0.25, 0.3) is 0 Å². The van der Waals surface area contributed by atoms with Gasteiger partial charge in [0.05, 0.1) is 6.61 Å². The predicted molar refractivity (Wildman–Crippen MR) is 65.0 cm³/mol. The van der Waals surface area contributed by atoms with E-state index < -0.39 is 33.0 Å². The summed E-state index contributed by atoms with van der Waals surface area (Å²) in [6.07, 6.45) is 0. The molecular weight excluding hydrogens is 475 g/mol.